The SMILES string of the molecule is CCN(CC)C(CNC(=O)C1CC(c2ccccc2)NN1)c1ccco1. The van der Waals surface area contributed by atoms with Crippen LogP contribution in [0.2, 0.25) is 0 Å². The number of furan rings is 1. The molecule has 1 aliphatic rings. The van der Waals surface area contributed by atoms with Crippen molar-refractivity contribution in [2.45, 2.75) is 38.4 Å². The van der Waals surface area contributed by atoms with Gasteiger partial charge in [-0.2, -0.15) is 0 Å². The van der Waals surface area contributed by atoms with Crippen LogP contribution in [0.25, 0.3) is 0 Å². The normalized spacial score (nSPS) is 21.0. The molecular formula is C20H28N4O2. The summed E-state index contributed by atoms with van der Waals surface area (Å²) in [6.07, 6.45) is 2.41. The summed E-state index contributed by atoms with van der Waals surface area (Å²) >= 11 is 0. The van der Waals surface area contributed by atoms with E-state index in [9.17, 15) is 4.79 Å². The first kappa shape index (κ1) is 18.6. The predicted octanol–water partition coefficient (Wildman–Crippen LogP) is 2.39. The van der Waals surface area contributed by atoms with E-state index in [2.05, 4.69) is 47.0 Å². The van der Waals surface area contributed by atoms with Gasteiger partial charge in [-0.15, -0.1) is 0 Å². The molecule has 0 saturated carbocycles. The molecule has 6 nitrogen and oxygen atoms in total. The van der Waals surface area contributed by atoms with Crippen molar-refractivity contribution in [2.75, 3.05) is 19.6 Å². The number of rotatable bonds is 8. The minimum Gasteiger partial charge on any atom is -0.468 e. The van der Waals surface area contributed by atoms with E-state index in [1.165, 1.54) is 5.56 Å². The molecule has 3 atom stereocenters. The first-order chi connectivity index (χ1) is 12.7. The molecule has 1 saturated heterocycles. The Labute approximate surface area is 154 Å². The van der Waals surface area contributed by atoms with Crippen LogP contribution in [-0.4, -0.2) is 36.5 Å². The molecule has 3 unspecified atom stereocenters. The molecule has 140 valence electrons. The van der Waals surface area contributed by atoms with Crippen molar-refractivity contribution in [2.24, 2.45) is 0 Å². The predicted molar refractivity (Wildman–Crippen MR) is 101 cm³/mol. The number of hydrazine groups is 1. The molecule has 0 spiro atoms. The minimum atomic E-state index is -0.242. The molecule has 1 aromatic carbocycles. The van der Waals surface area contributed by atoms with Crippen molar-refractivity contribution in [1.82, 2.24) is 21.1 Å². The lowest BCUT2D eigenvalue weighted by atomic mass is 10.0. The third-order valence-corrected chi connectivity index (χ3v) is 5.02. The molecule has 1 amide bonds. The molecule has 3 N–H and O–H groups in total. The monoisotopic (exact) mass is 356 g/mol. The van der Waals surface area contributed by atoms with Crippen LogP contribution in [-0.2, 0) is 4.79 Å². The fourth-order valence-corrected chi connectivity index (χ4v) is 3.51. The highest BCUT2D eigenvalue weighted by molar-refractivity contribution is 5.82. The van der Waals surface area contributed by atoms with Crippen LogP contribution in [0, 0.1) is 0 Å². The number of nitrogens with one attached hydrogen (secondary N) is 3. The third kappa shape index (κ3) is 4.33. The number of hydrogen-bond acceptors (Lipinski definition) is 5. The van der Waals surface area contributed by atoms with Gasteiger partial charge in [-0.1, -0.05) is 44.2 Å². The minimum absolute atomic E-state index is 0.0136. The van der Waals surface area contributed by atoms with E-state index in [1.54, 1.807) is 6.26 Å². The van der Waals surface area contributed by atoms with E-state index in [0.717, 1.165) is 25.3 Å². The van der Waals surface area contributed by atoms with Gasteiger partial charge < -0.3 is 9.73 Å². The van der Waals surface area contributed by atoms with E-state index in [4.69, 9.17) is 4.42 Å². The number of likely N-dealkylation sites (N-methyl/N-ethyl adjacent to an activating group) is 1. The summed E-state index contributed by atoms with van der Waals surface area (Å²) in [4.78, 5) is 14.9. The molecule has 0 bridgehead atoms. The summed E-state index contributed by atoms with van der Waals surface area (Å²) in [6, 6.07) is 14.0. The van der Waals surface area contributed by atoms with Crippen LogP contribution in [0.3, 0.4) is 0 Å². The van der Waals surface area contributed by atoms with Gasteiger partial charge in [0.25, 0.3) is 0 Å². The zero-order chi connectivity index (χ0) is 18.4. The van der Waals surface area contributed by atoms with Gasteiger partial charge in [0.1, 0.15) is 11.8 Å². The summed E-state index contributed by atoms with van der Waals surface area (Å²) in [7, 11) is 0. The zero-order valence-electron chi connectivity index (χ0n) is 15.4. The lowest BCUT2D eigenvalue weighted by Crippen LogP contribution is -2.46. The van der Waals surface area contributed by atoms with Crippen LogP contribution in [0.1, 0.15) is 43.7 Å². The Balaban J connectivity index is 1.57. The van der Waals surface area contributed by atoms with Gasteiger partial charge in [-0.05, 0) is 37.2 Å². The largest absolute Gasteiger partial charge is 0.468 e. The van der Waals surface area contributed by atoms with Crippen LogP contribution >= 0.6 is 0 Å². The standard InChI is InChI=1S/C20H28N4O2/c1-3-24(4-2)18(19-11-8-12-26-19)14-21-20(25)17-13-16(22-23-17)15-9-6-5-7-10-15/h5-12,16-18,22-23H,3-4,13-14H2,1-2H3,(H,21,25). The van der Waals surface area contributed by atoms with Crippen LogP contribution in [0.15, 0.2) is 53.1 Å². The maximum absolute atomic E-state index is 12.6. The van der Waals surface area contributed by atoms with Crippen LogP contribution < -0.4 is 16.2 Å². The molecule has 1 aliphatic heterocycles. The molecule has 0 radical (unpaired) electrons. The van der Waals surface area contributed by atoms with Gasteiger partial charge in [-0.3, -0.25) is 9.69 Å². The number of benzene rings is 1. The highest BCUT2D eigenvalue weighted by Gasteiger charge is 2.31. The maximum Gasteiger partial charge on any atom is 0.238 e. The quantitative estimate of drug-likeness (QED) is 0.678. The van der Waals surface area contributed by atoms with Crippen molar-refractivity contribution >= 4 is 5.91 Å². The van der Waals surface area contributed by atoms with E-state index in [1.807, 2.05) is 30.3 Å². The van der Waals surface area contributed by atoms with Crippen LogP contribution in [0.5, 0.6) is 0 Å². The van der Waals surface area contributed by atoms with Crippen molar-refractivity contribution in [3.8, 4) is 0 Å². The smallest absolute Gasteiger partial charge is 0.238 e. The fraction of sp³-hybridized carbons (Fsp3) is 0.450. The summed E-state index contributed by atoms with van der Waals surface area (Å²) in [5.74, 6) is 0.897. The van der Waals surface area contributed by atoms with Gasteiger partial charge in [0.15, 0.2) is 0 Å². The molecule has 0 aliphatic carbocycles. The molecule has 2 aromatic rings. The van der Waals surface area contributed by atoms with E-state index in [-0.39, 0.29) is 24.0 Å². The van der Waals surface area contributed by atoms with Gasteiger partial charge in [0, 0.05) is 12.6 Å². The summed E-state index contributed by atoms with van der Waals surface area (Å²) in [5, 5.41) is 3.09. The van der Waals surface area contributed by atoms with Gasteiger partial charge in [0.05, 0.1) is 12.3 Å². The van der Waals surface area contributed by atoms with Crippen LogP contribution in [0.4, 0.5) is 0 Å². The highest BCUT2D eigenvalue weighted by Crippen LogP contribution is 2.23. The van der Waals surface area contributed by atoms with Crippen molar-refractivity contribution in [3.05, 3.63) is 60.1 Å². The Morgan fingerprint density at radius 2 is 1.96 bits per heavy atom. The summed E-state index contributed by atoms with van der Waals surface area (Å²) in [5.41, 5.74) is 7.53. The maximum atomic E-state index is 12.6. The molecule has 26 heavy (non-hydrogen) atoms. The lowest BCUT2D eigenvalue weighted by Gasteiger charge is -2.28. The second-order valence-corrected chi connectivity index (χ2v) is 6.54. The fourth-order valence-electron chi connectivity index (χ4n) is 3.51. The molecule has 2 heterocycles. The Hall–Kier alpha value is -2.15. The Bertz CT molecular complexity index is 670. The number of carbonyl (C=O) groups excluding carboxylic acids is 1. The Kier molecular flexibility index (Phi) is 6.44. The average molecular weight is 356 g/mol. The first-order valence-electron chi connectivity index (χ1n) is 9.34. The van der Waals surface area contributed by atoms with E-state index < -0.39 is 0 Å². The number of carbonyl (C=O) groups is 1. The van der Waals surface area contributed by atoms with Gasteiger partial charge in [0.2, 0.25) is 5.91 Å². The Morgan fingerprint density at radius 1 is 1.19 bits per heavy atom. The van der Waals surface area contributed by atoms with E-state index >= 15 is 0 Å². The number of nitrogens with zero attached hydrogens (tertiary/aromatic N) is 1. The van der Waals surface area contributed by atoms with Crippen molar-refractivity contribution < 1.29 is 9.21 Å². The summed E-state index contributed by atoms with van der Waals surface area (Å²) < 4.78 is 5.59. The lowest BCUT2D eigenvalue weighted by molar-refractivity contribution is -0.123. The third-order valence-electron chi connectivity index (χ3n) is 5.02. The number of hydrogen-bond donors (Lipinski definition) is 3. The second-order valence-electron chi connectivity index (χ2n) is 6.54. The molecule has 3 rings (SSSR count). The second kappa shape index (κ2) is 8.98. The first-order valence-corrected chi connectivity index (χ1v) is 9.34. The number of amides is 1. The molecule has 1 aromatic heterocycles. The molecule has 6 heteroatoms. The molecule has 1 fully saturated rings. The topological polar surface area (TPSA) is 69.5 Å². The average Bonchev–Trinajstić information content (AvgIpc) is 3.37. The highest BCUT2D eigenvalue weighted by atomic mass is 16.3. The van der Waals surface area contributed by atoms with Gasteiger partial charge >= 0.3 is 0 Å². The van der Waals surface area contributed by atoms with E-state index in [0.29, 0.717) is 6.54 Å². The Morgan fingerprint density at radius 3 is 2.62 bits per heavy atom. The van der Waals surface area contributed by atoms with Gasteiger partial charge in [-0.25, -0.2) is 10.9 Å². The van der Waals surface area contributed by atoms with Crippen molar-refractivity contribution in [3.63, 3.8) is 0 Å². The summed E-state index contributed by atoms with van der Waals surface area (Å²) in [6.45, 7) is 6.57. The molecular weight excluding hydrogens is 328 g/mol. The zero-order valence-corrected chi connectivity index (χ0v) is 15.4. The van der Waals surface area contributed by atoms with Crippen molar-refractivity contribution in [1.29, 1.82) is 0 Å².